The van der Waals surface area contributed by atoms with Gasteiger partial charge in [0.25, 0.3) is 0 Å². The van der Waals surface area contributed by atoms with Gasteiger partial charge in [0, 0.05) is 0 Å². The van der Waals surface area contributed by atoms with Crippen LogP contribution in [0.15, 0.2) is 18.2 Å². The minimum Gasteiger partial charge on any atom is -0.745 e. The maximum Gasteiger partial charge on any atom is 1.00 e. The Morgan fingerprint density at radius 2 is 1.50 bits per heavy atom. The van der Waals surface area contributed by atoms with Crippen molar-refractivity contribution >= 4 is 10.1 Å². The van der Waals surface area contributed by atoms with Crippen LogP contribution in [-0.2, 0) is 23.0 Å². The summed E-state index contributed by atoms with van der Waals surface area (Å²) < 4.78 is 39.7. The molecule has 0 saturated carbocycles. The normalized spacial score (nSPS) is 12.5. The Bertz CT molecular complexity index is 602. The van der Waals surface area contributed by atoms with Gasteiger partial charge in [-0.25, -0.2) is 8.42 Å². The van der Waals surface area contributed by atoms with E-state index < -0.39 is 15.6 Å². The average Bonchev–Trinajstić information content (AvgIpc) is 2.56. The van der Waals surface area contributed by atoms with Crippen LogP contribution in [0.5, 0.6) is 5.75 Å². The number of benzene rings is 1. The molecule has 0 radical (unpaired) electrons. The zero-order valence-electron chi connectivity index (χ0n) is 16.9. The van der Waals surface area contributed by atoms with Gasteiger partial charge in [-0.05, 0) is 55.4 Å². The van der Waals surface area contributed by atoms with Crippen LogP contribution in [0.1, 0.15) is 83.3 Å². The number of ether oxygens (including phenoxy) is 1. The molecule has 144 valence electrons. The van der Waals surface area contributed by atoms with Crippen LogP contribution >= 0.6 is 0 Å². The number of rotatable bonds is 13. The summed E-state index contributed by atoms with van der Waals surface area (Å²) >= 11 is 0. The van der Waals surface area contributed by atoms with Gasteiger partial charge < -0.3 is 9.29 Å². The molecule has 0 spiro atoms. The fraction of sp³-hybridized carbons (Fsp3) is 0.700. The molecule has 6 heteroatoms. The van der Waals surface area contributed by atoms with E-state index in [1.807, 2.05) is 19.1 Å². The molecule has 0 N–H and O–H groups in total. The molecule has 1 atom stereocenters. The van der Waals surface area contributed by atoms with Gasteiger partial charge >= 0.3 is 29.6 Å². The van der Waals surface area contributed by atoms with E-state index in [2.05, 4.69) is 13.8 Å². The number of unbranched alkanes of at least 4 members (excludes halogenated alkanes) is 4. The van der Waals surface area contributed by atoms with Gasteiger partial charge in [0.2, 0.25) is 0 Å². The number of aryl methyl sites for hydroxylation is 2. The minimum absolute atomic E-state index is 0. The molecule has 1 rings (SSSR count). The van der Waals surface area contributed by atoms with Crippen LogP contribution in [0.2, 0.25) is 0 Å². The van der Waals surface area contributed by atoms with Crippen LogP contribution in [0.4, 0.5) is 0 Å². The topological polar surface area (TPSA) is 66.4 Å². The van der Waals surface area contributed by atoms with Crippen molar-refractivity contribution in [1.82, 2.24) is 0 Å². The second-order valence-corrected chi connectivity index (χ2v) is 8.18. The molecular weight excluding hydrogens is 359 g/mol. The van der Waals surface area contributed by atoms with Crippen molar-refractivity contribution in [1.29, 1.82) is 0 Å². The third kappa shape index (κ3) is 9.75. The van der Waals surface area contributed by atoms with E-state index in [1.54, 1.807) is 6.07 Å². The smallest absolute Gasteiger partial charge is 0.745 e. The Morgan fingerprint density at radius 1 is 0.923 bits per heavy atom. The molecule has 0 aliphatic heterocycles. The second kappa shape index (κ2) is 14.0. The molecule has 0 aromatic heterocycles. The largest absolute Gasteiger partial charge is 1.00 e. The van der Waals surface area contributed by atoms with Crippen LogP contribution in [0, 0.1) is 0 Å². The summed E-state index contributed by atoms with van der Waals surface area (Å²) in [5.41, 5.74) is 1.24. The van der Waals surface area contributed by atoms with Crippen molar-refractivity contribution in [3.63, 3.8) is 0 Å². The summed E-state index contributed by atoms with van der Waals surface area (Å²) in [7, 11) is -4.46. The van der Waals surface area contributed by atoms with E-state index in [0.29, 0.717) is 12.2 Å². The first kappa shape index (κ1) is 25.9. The van der Waals surface area contributed by atoms with Crippen LogP contribution in [0.25, 0.3) is 0 Å². The van der Waals surface area contributed by atoms with Crippen molar-refractivity contribution in [2.75, 3.05) is 0 Å². The Morgan fingerprint density at radius 3 is 2.00 bits per heavy atom. The first-order chi connectivity index (χ1) is 11.9. The van der Waals surface area contributed by atoms with Crippen molar-refractivity contribution in [3.05, 3.63) is 29.3 Å². The summed E-state index contributed by atoms with van der Waals surface area (Å²) in [6.07, 6.45) is 9.81. The zero-order chi connectivity index (χ0) is 18.7. The monoisotopic (exact) mass is 392 g/mol. The fourth-order valence-corrected chi connectivity index (χ4v) is 3.69. The Balaban J connectivity index is 0.00000625. The fourth-order valence-electron chi connectivity index (χ4n) is 2.93. The van der Waals surface area contributed by atoms with Crippen LogP contribution in [-0.4, -0.2) is 18.4 Å². The first-order valence-corrected chi connectivity index (χ1v) is 11.1. The molecule has 0 saturated heterocycles. The van der Waals surface area contributed by atoms with Crippen LogP contribution in [0.3, 0.4) is 0 Å². The van der Waals surface area contributed by atoms with Gasteiger partial charge in [-0.15, -0.1) is 0 Å². The van der Waals surface area contributed by atoms with E-state index >= 15 is 0 Å². The third-order valence-corrected chi connectivity index (χ3v) is 5.37. The van der Waals surface area contributed by atoms with Gasteiger partial charge in [0.05, 0.1) is 0 Å². The molecule has 1 aromatic rings. The SMILES string of the molecule is CCCCCc1ccc(OC(CCC)S(=O)(=O)[O-])cc1CCCCC.[Na+]. The van der Waals surface area contributed by atoms with Crippen molar-refractivity contribution in [2.45, 2.75) is 90.4 Å². The average molecular weight is 393 g/mol. The minimum atomic E-state index is -4.46. The number of hydrogen-bond acceptors (Lipinski definition) is 4. The summed E-state index contributed by atoms with van der Waals surface area (Å²) in [6.45, 7) is 6.21. The summed E-state index contributed by atoms with van der Waals surface area (Å²) in [5, 5.41) is 0. The molecule has 1 unspecified atom stereocenters. The van der Waals surface area contributed by atoms with Gasteiger partial charge in [-0.2, -0.15) is 0 Å². The van der Waals surface area contributed by atoms with Crippen molar-refractivity contribution < 1.29 is 47.3 Å². The third-order valence-electron chi connectivity index (χ3n) is 4.39. The second-order valence-electron chi connectivity index (χ2n) is 6.67. The summed E-state index contributed by atoms with van der Waals surface area (Å²) in [5.74, 6) is 0.489. The van der Waals surface area contributed by atoms with E-state index in [9.17, 15) is 13.0 Å². The van der Waals surface area contributed by atoms with Gasteiger partial charge in [-0.3, -0.25) is 0 Å². The quantitative estimate of drug-likeness (QED) is 0.293. The Kier molecular flexibility index (Phi) is 14.0. The summed E-state index contributed by atoms with van der Waals surface area (Å²) in [6, 6.07) is 5.77. The van der Waals surface area contributed by atoms with Crippen molar-refractivity contribution in [2.24, 2.45) is 0 Å². The standard InChI is InChI=1S/C20H34O4S.Na/c1-4-7-9-12-17-14-15-19(16-18(17)13-10-8-5-2)24-20(11-6-3)25(21,22)23;/h14-16,20H,4-13H2,1-3H3,(H,21,22,23);/q;+1/p-1. The molecule has 0 amide bonds. The van der Waals surface area contributed by atoms with Gasteiger partial charge in [0.15, 0.2) is 5.44 Å². The first-order valence-electron chi connectivity index (χ1n) is 9.65. The van der Waals surface area contributed by atoms with Crippen LogP contribution < -0.4 is 34.3 Å². The molecule has 0 aliphatic rings. The maximum atomic E-state index is 11.4. The summed E-state index contributed by atoms with van der Waals surface area (Å²) in [4.78, 5) is 0. The predicted octanol–water partition coefficient (Wildman–Crippen LogP) is 2.21. The Hall–Kier alpha value is -0.0700. The molecular formula is C20H33NaO4S. The van der Waals surface area contributed by atoms with E-state index in [4.69, 9.17) is 4.74 Å². The van der Waals surface area contributed by atoms with Crippen molar-refractivity contribution in [3.8, 4) is 5.75 Å². The Labute approximate surface area is 182 Å². The molecule has 26 heavy (non-hydrogen) atoms. The van der Waals surface area contributed by atoms with E-state index in [1.165, 1.54) is 30.4 Å². The molecule has 0 bridgehead atoms. The number of hydrogen-bond donors (Lipinski definition) is 0. The molecule has 4 nitrogen and oxygen atoms in total. The molecule has 0 aliphatic carbocycles. The maximum absolute atomic E-state index is 11.4. The van der Waals surface area contributed by atoms with Gasteiger partial charge in [-0.1, -0.05) is 58.9 Å². The molecule has 0 fully saturated rings. The van der Waals surface area contributed by atoms with E-state index in [-0.39, 0.29) is 36.0 Å². The van der Waals surface area contributed by atoms with E-state index in [0.717, 1.165) is 32.1 Å². The zero-order valence-corrected chi connectivity index (χ0v) is 19.7. The molecule has 0 heterocycles. The predicted molar refractivity (Wildman–Crippen MR) is 102 cm³/mol. The molecule has 1 aromatic carbocycles. The van der Waals surface area contributed by atoms with Gasteiger partial charge in [0.1, 0.15) is 15.9 Å².